The van der Waals surface area contributed by atoms with Gasteiger partial charge in [0.05, 0.1) is 6.10 Å². The number of likely N-dealkylation sites (N-methyl/N-ethyl adjacent to an activating group) is 1. The van der Waals surface area contributed by atoms with Crippen LogP contribution in [0.15, 0.2) is 0 Å². The Bertz CT molecular complexity index is 212. The summed E-state index contributed by atoms with van der Waals surface area (Å²) in [4.78, 5) is 13.3. The van der Waals surface area contributed by atoms with Gasteiger partial charge in [0.1, 0.15) is 0 Å². The van der Waals surface area contributed by atoms with Crippen molar-refractivity contribution >= 4 is 5.91 Å². The van der Waals surface area contributed by atoms with Crippen LogP contribution >= 0.6 is 0 Å². The molecule has 3 nitrogen and oxygen atoms in total. The maximum atomic E-state index is 11.6. The van der Waals surface area contributed by atoms with Gasteiger partial charge in [0, 0.05) is 20.0 Å². The fourth-order valence-corrected chi connectivity index (χ4v) is 1.62. The van der Waals surface area contributed by atoms with Gasteiger partial charge in [-0.25, -0.2) is 0 Å². The zero-order valence-corrected chi connectivity index (χ0v) is 10.1. The fourth-order valence-electron chi connectivity index (χ4n) is 1.62. The largest absolute Gasteiger partial charge is 0.391 e. The summed E-state index contributed by atoms with van der Waals surface area (Å²) < 4.78 is 0. The Kier molecular flexibility index (Phi) is 4.58. The molecule has 3 heteroatoms. The molecule has 0 spiro atoms. The Morgan fingerprint density at radius 1 is 1.47 bits per heavy atom. The van der Waals surface area contributed by atoms with Crippen molar-refractivity contribution in [1.29, 1.82) is 0 Å². The van der Waals surface area contributed by atoms with Gasteiger partial charge in [-0.15, -0.1) is 0 Å². The highest BCUT2D eigenvalue weighted by atomic mass is 16.3. The Morgan fingerprint density at radius 2 is 2.07 bits per heavy atom. The Labute approximate surface area is 92.5 Å². The van der Waals surface area contributed by atoms with Gasteiger partial charge in [-0.05, 0) is 31.1 Å². The second-order valence-corrected chi connectivity index (χ2v) is 5.11. The average molecular weight is 213 g/mol. The van der Waals surface area contributed by atoms with Crippen molar-refractivity contribution in [3.63, 3.8) is 0 Å². The number of amides is 1. The topological polar surface area (TPSA) is 40.5 Å². The molecule has 0 aromatic heterocycles. The third-order valence-electron chi connectivity index (χ3n) is 2.99. The molecule has 88 valence electrons. The van der Waals surface area contributed by atoms with E-state index in [0.29, 0.717) is 24.8 Å². The van der Waals surface area contributed by atoms with E-state index in [2.05, 4.69) is 13.8 Å². The van der Waals surface area contributed by atoms with Crippen LogP contribution in [0.4, 0.5) is 0 Å². The molecule has 15 heavy (non-hydrogen) atoms. The van der Waals surface area contributed by atoms with E-state index in [0.717, 1.165) is 19.3 Å². The average Bonchev–Trinajstić information content (AvgIpc) is 2.96. The molecular weight excluding hydrogens is 190 g/mol. The molecule has 1 saturated carbocycles. The molecule has 1 amide bonds. The lowest BCUT2D eigenvalue weighted by Gasteiger charge is -2.21. The van der Waals surface area contributed by atoms with Gasteiger partial charge in [0.2, 0.25) is 5.91 Å². The molecule has 1 atom stereocenters. The predicted molar refractivity (Wildman–Crippen MR) is 60.4 cm³/mol. The summed E-state index contributed by atoms with van der Waals surface area (Å²) in [5.41, 5.74) is 0. The molecule has 0 aliphatic heterocycles. The van der Waals surface area contributed by atoms with Gasteiger partial charge < -0.3 is 10.0 Å². The number of hydrogen-bond donors (Lipinski definition) is 1. The molecule has 0 heterocycles. The lowest BCUT2D eigenvalue weighted by Crippen LogP contribution is -2.35. The van der Waals surface area contributed by atoms with Crippen LogP contribution in [-0.2, 0) is 4.79 Å². The maximum Gasteiger partial charge on any atom is 0.222 e. The molecule has 0 aromatic carbocycles. The third-order valence-corrected chi connectivity index (χ3v) is 2.99. The number of aliphatic hydroxyl groups excluding tert-OH is 1. The van der Waals surface area contributed by atoms with E-state index in [1.54, 1.807) is 11.9 Å². The minimum atomic E-state index is -0.307. The highest BCUT2D eigenvalue weighted by Gasteiger charge is 2.30. The Hall–Kier alpha value is -0.570. The quantitative estimate of drug-likeness (QED) is 0.729. The minimum absolute atomic E-state index is 0.156. The first-order chi connectivity index (χ1) is 7.00. The number of rotatable bonds is 6. The van der Waals surface area contributed by atoms with Crippen LogP contribution in [0.25, 0.3) is 0 Å². The van der Waals surface area contributed by atoms with E-state index in [1.165, 1.54) is 0 Å². The van der Waals surface area contributed by atoms with E-state index in [9.17, 15) is 9.90 Å². The SMILES string of the molecule is CC(C)CCC(=O)N(C)CC(O)C1CC1. The van der Waals surface area contributed by atoms with Crippen molar-refractivity contribution in [2.45, 2.75) is 45.6 Å². The Morgan fingerprint density at radius 3 is 2.53 bits per heavy atom. The van der Waals surface area contributed by atoms with Crippen molar-refractivity contribution in [1.82, 2.24) is 4.90 Å². The van der Waals surface area contributed by atoms with Crippen LogP contribution in [0.5, 0.6) is 0 Å². The molecule has 1 fully saturated rings. The zero-order valence-electron chi connectivity index (χ0n) is 10.1. The van der Waals surface area contributed by atoms with E-state index in [-0.39, 0.29) is 12.0 Å². The van der Waals surface area contributed by atoms with Crippen molar-refractivity contribution in [3.8, 4) is 0 Å². The third kappa shape index (κ3) is 4.65. The van der Waals surface area contributed by atoms with Crippen LogP contribution in [0.1, 0.15) is 39.5 Å². The number of carbonyl (C=O) groups excluding carboxylic acids is 1. The zero-order chi connectivity index (χ0) is 11.4. The van der Waals surface area contributed by atoms with Crippen molar-refractivity contribution in [2.24, 2.45) is 11.8 Å². The fraction of sp³-hybridized carbons (Fsp3) is 0.917. The normalized spacial score (nSPS) is 17.9. The van der Waals surface area contributed by atoms with Gasteiger partial charge in [0.15, 0.2) is 0 Å². The molecule has 1 rings (SSSR count). The van der Waals surface area contributed by atoms with E-state index in [1.807, 2.05) is 0 Å². The van der Waals surface area contributed by atoms with Crippen molar-refractivity contribution < 1.29 is 9.90 Å². The number of aliphatic hydroxyl groups is 1. The van der Waals surface area contributed by atoms with E-state index >= 15 is 0 Å². The van der Waals surface area contributed by atoms with Gasteiger partial charge >= 0.3 is 0 Å². The first-order valence-electron chi connectivity index (χ1n) is 5.92. The van der Waals surface area contributed by atoms with Crippen LogP contribution < -0.4 is 0 Å². The summed E-state index contributed by atoms with van der Waals surface area (Å²) in [5.74, 6) is 1.17. The van der Waals surface area contributed by atoms with E-state index < -0.39 is 0 Å². The van der Waals surface area contributed by atoms with E-state index in [4.69, 9.17) is 0 Å². The molecule has 0 radical (unpaired) electrons. The smallest absolute Gasteiger partial charge is 0.222 e. The molecule has 0 saturated heterocycles. The van der Waals surface area contributed by atoms with Crippen LogP contribution in [-0.4, -0.2) is 35.6 Å². The van der Waals surface area contributed by atoms with Crippen LogP contribution in [0.2, 0.25) is 0 Å². The molecule has 1 N–H and O–H groups in total. The van der Waals surface area contributed by atoms with Gasteiger partial charge in [-0.3, -0.25) is 4.79 Å². The Balaban J connectivity index is 2.19. The lowest BCUT2D eigenvalue weighted by molar-refractivity contribution is -0.131. The van der Waals surface area contributed by atoms with Crippen molar-refractivity contribution in [3.05, 3.63) is 0 Å². The number of nitrogens with zero attached hydrogens (tertiary/aromatic N) is 1. The second-order valence-electron chi connectivity index (χ2n) is 5.11. The molecule has 0 aromatic rings. The summed E-state index contributed by atoms with van der Waals surface area (Å²) in [6.45, 7) is 4.74. The summed E-state index contributed by atoms with van der Waals surface area (Å²) in [6.07, 6.45) is 3.47. The molecular formula is C12H23NO2. The van der Waals surface area contributed by atoms with Crippen molar-refractivity contribution in [2.75, 3.05) is 13.6 Å². The summed E-state index contributed by atoms with van der Waals surface area (Å²) in [7, 11) is 1.79. The standard InChI is InChI=1S/C12H23NO2/c1-9(2)4-7-12(15)13(3)8-11(14)10-5-6-10/h9-11,14H,4-8H2,1-3H3. The summed E-state index contributed by atoms with van der Waals surface area (Å²) >= 11 is 0. The monoisotopic (exact) mass is 213 g/mol. The summed E-state index contributed by atoms with van der Waals surface area (Å²) in [5, 5.41) is 9.69. The second kappa shape index (κ2) is 5.50. The molecule has 1 aliphatic rings. The maximum absolute atomic E-state index is 11.6. The number of hydrogen-bond acceptors (Lipinski definition) is 2. The van der Waals surface area contributed by atoms with Gasteiger partial charge in [-0.1, -0.05) is 13.8 Å². The lowest BCUT2D eigenvalue weighted by atomic mass is 10.1. The first kappa shape index (κ1) is 12.5. The summed E-state index contributed by atoms with van der Waals surface area (Å²) in [6, 6.07) is 0. The highest BCUT2D eigenvalue weighted by molar-refractivity contribution is 5.75. The predicted octanol–water partition coefficient (Wildman–Crippen LogP) is 1.65. The first-order valence-corrected chi connectivity index (χ1v) is 5.92. The van der Waals surface area contributed by atoms with Gasteiger partial charge in [0.25, 0.3) is 0 Å². The highest BCUT2D eigenvalue weighted by Crippen LogP contribution is 2.32. The number of carbonyl (C=O) groups is 1. The molecule has 0 bridgehead atoms. The minimum Gasteiger partial charge on any atom is -0.391 e. The molecule has 1 aliphatic carbocycles. The van der Waals surface area contributed by atoms with Crippen LogP contribution in [0, 0.1) is 11.8 Å². The molecule has 1 unspecified atom stereocenters. The van der Waals surface area contributed by atoms with Crippen LogP contribution in [0.3, 0.4) is 0 Å². The van der Waals surface area contributed by atoms with Gasteiger partial charge in [-0.2, -0.15) is 0 Å².